The minimum atomic E-state index is -0.332. The SMILES string of the molecule is CCCCCC(=O)C(=O)c1ccc(C23C[C@H]4C5CC6C[C@](c7ccc(C(=O)C(=O)CCCCC)cc7)(C5)CC4[C@@]62C3)cc1. The van der Waals surface area contributed by atoms with Gasteiger partial charge in [-0.1, -0.05) is 88.1 Å². The fourth-order valence-corrected chi connectivity index (χ4v) is 11.1. The number of unbranched alkanes of at least 4 members (excludes halogenated alkanes) is 4. The average molecular weight is 579 g/mol. The van der Waals surface area contributed by atoms with E-state index < -0.39 is 0 Å². The van der Waals surface area contributed by atoms with E-state index in [1.54, 1.807) is 0 Å². The maximum absolute atomic E-state index is 12.8. The standard InChI is InChI=1S/C39H46O4/c1-3-5-7-9-33(40)35(42)25-11-15-28(16-12-25)37-20-27-19-30(21-37)39-24-38(39,22-31(27)32(39)23-37)29-17-13-26(14-18-29)36(43)34(41)10-8-6-4-2/h11-18,27,30-32H,3-10,19-24H2,1-2H3/t27?,30?,31-,32?,37+,38?,39+/m0/s1. The Balaban J connectivity index is 1.07. The fraction of sp³-hybridized carbons (Fsp3) is 0.590. The van der Waals surface area contributed by atoms with E-state index in [2.05, 4.69) is 38.1 Å². The lowest BCUT2D eigenvalue weighted by molar-refractivity contribution is -0.115. The van der Waals surface area contributed by atoms with Gasteiger partial charge in [0, 0.05) is 29.4 Å². The van der Waals surface area contributed by atoms with Crippen LogP contribution in [0, 0.1) is 29.1 Å². The van der Waals surface area contributed by atoms with E-state index in [-0.39, 0.29) is 34.0 Å². The molecule has 226 valence electrons. The van der Waals surface area contributed by atoms with Crippen molar-refractivity contribution in [2.24, 2.45) is 29.1 Å². The number of Topliss-reactive ketones (excluding diaryl/α,β-unsaturated/α-hetero) is 4. The van der Waals surface area contributed by atoms with Gasteiger partial charge in [0.05, 0.1) is 0 Å². The lowest BCUT2D eigenvalue weighted by Gasteiger charge is -2.62. The van der Waals surface area contributed by atoms with E-state index in [4.69, 9.17) is 0 Å². The van der Waals surface area contributed by atoms with E-state index in [9.17, 15) is 19.2 Å². The molecule has 4 heteroatoms. The summed E-state index contributed by atoms with van der Waals surface area (Å²) < 4.78 is 0. The molecule has 4 nitrogen and oxygen atoms in total. The highest BCUT2D eigenvalue weighted by Crippen LogP contribution is 2.89. The van der Waals surface area contributed by atoms with Crippen LogP contribution in [0.15, 0.2) is 48.5 Å². The van der Waals surface area contributed by atoms with Crippen LogP contribution >= 0.6 is 0 Å². The second-order valence-corrected chi connectivity index (χ2v) is 14.9. The molecule has 6 bridgehead atoms. The molecular weight excluding hydrogens is 532 g/mol. The highest BCUT2D eigenvalue weighted by Gasteiger charge is 2.84. The zero-order valence-corrected chi connectivity index (χ0v) is 26.0. The number of benzene rings is 2. The van der Waals surface area contributed by atoms with Crippen molar-refractivity contribution in [2.75, 3.05) is 0 Å². The molecule has 4 unspecified atom stereocenters. The monoisotopic (exact) mass is 578 g/mol. The molecule has 2 aromatic carbocycles. The smallest absolute Gasteiger partial charge is 0.228 e. The van der Waals surface area contributed by atoms with Crippen LogP contribution < -0.4 is 0 Å². The highest BCUT2D eigenvalue weighted by molar-refractivity contribution is 6.44. The first-order chi connectivity index (χ1) is 20.8. The van der Waals surface area contributed by atoms with Crippen molar-refractivity contribution >= 4 is 23.1 Å². The summed E-state index contributed by atoms with van der Waals surface area (Å²) >= 11 is 0. The van der Waals surface area contributed by atoms with E-state index in [0.717, 1.165) is 56.3 Å². The topological polar surface area (TPSA) is 68.3 Å². The minimum Gasteiger partial charge on any atom is -0.290 e. The normalized spacial score (nSPS) is 34.2. The van der Waals surface area contributed by atoms with Gasteiger partial charge in [0.25, 0.3) is 0 Å². The van der Waals surface area contributed by atoms with Crippen molar-refractivity contribution in [1.82, 2.24) is 0 Å². The Morgan fingerprint density at radius 3 is 1.79 bits per heavy atom. The molecule has 0 amide bonds. The van der Waals surface area contributed by atoms with Crippen LogP contribution in [0.2, 0.25) is 0 Å². The van der Waals surface area contributed by atoms with Crippen LogP contribution in [-0.2, 0) is 20.4 Å². The summed E-state index contributed by atoms with van der Waals surface area (Å²) in [6.07, 6.45) is 13.9. The molecule has 7 atom stereocenters. The molecule has 6 aliphatic rings. The molecule has 6 saturated carbocycles. The molecule has 0 radical (unpaired) electrons. The zero-order valence-electron chi connectivity index (χ0n) is 26.0. The van der Waals surface area contributed by atoms with E-state index in [1.165, 1.54) is 49.7 Å². The van der Waals surface area contributed by atoms with E-state index in [0.29, 0.717) is 35.3 Å². The lowest BCUT2D eigenvalue weighted by atomic mass is 9.42. The predicted molar refractivity (Wildman–Crippen MR) is 167 cm³/mol. The molecule has 0 heterocycles. The summed E-state index contributed by atoms with van der Waals surface area (Å²) in [5.41, 5.74) is 4.67. The van der Waals surface area contributed by atoms with Crippen molar-refractivity contribution in [3.8, 4) is 0 Å². The number of hydrogen-bond acceptors (Lipinski definition) is 4. The molecule has 2 aromatic rings. The van der Waals surface area contributed by atoms with Crippen LogP contribution in [0.1, 0.15) is 136 Å². The first-order valence-electron chi connectivity index (χ1n) is 17.1. The molecule has 43 heavy (non-hydrogen) atoms. The Kier molecular flexibility index (Phi) is 7.14. The number of carbonyl (C=O) groups is 4. The molecular formula is C39H46O4. The molecule has 0 aromatic heterocycles. The molecule has 0 N–H and O–H groups in total. The van der Waals surface area contributed by atoms with Crippen molar-refractivity contribution in [1.29, 1.82) is 0 Å². The molecule has 6 fully saturated rings. The number of rotatable bonds is 14. The maximum atomic E-state index is 12.8. The Morgan fingerprint density at radius 2 is 1.23 bits per heavy atom. The maximum Gasteiger partial charge on any atom is 0.228 e. The molecule has 8 rings (SSSR count). The van der Waals surface area contributed by atoms with Crippen molar-refractivity contribution in [3.05, 3.63) is 70.8 Å². The largest absolute Gasteiger partial charge is 0.290 e. The van der Waals surface area contributed by atoms with Crippen molar-refractivity contribution in [2.45, 2.75) is 115 Å². The van der Waals surface area contributed by atoms with Gasteiger partial charge in [-0.25, -0.2) is 0 Å². The molecule has 0 saturated heterocycles. The first kappa shape index (κ1) is 28.9. The lowest BCUT2D eigenvalue weighted by Crippen LogP contribution is -2.56. The van der Waals surface area contributed by atoms with Gasteiger partial charge in [0.1, 0.15) is 0 Å². The predicted octanol–water partition coefficient (Wildman–Crippen LogP) is 8.39. The Morgan fingerprint density at radius 1 is 0.674 bits per heavy atom. The van der Waals surface area contributed by atoms with Crippen molar-refractivity contribution < 1.29 is 19.2 Å². The quantitative estimate of drug-likeness (QED) is 0.128. The third-order valence-corrected chi connectivity index (χ3v) is 12.9. The van der Waals surface area contributed by atoms with Crippen LogP contribution in [-0.4, -0.2) is 23.1 Å². The van der Waals surface area contributed by atoms with Crippen molar-refractivity contribution in [3.63, 3.8) is 0 Å². The van der Waals surface area contributed by atoms with Gasteiger partial charge in [0.15, 0.2) is 0 Å². The Labute approximate surface area is 256 Å². The van der Waals surface area contributed by atoms with Gasteiger partial charge < -0.3 is 0 Å². The summed E-state index contributed by atoms with van der Waals surface area (Å²) in [6, 6.07) is 16.4. The third kappa shape index (κ3) is 4.29. The van der Waals surface area contributed by atoms with Gasteiger partial charge in [-0.05, 0) is 97.0 Å². The zero-order chi connectivity index (χ0) is 30.0. The first-order valence-corrected chi connectivity index (χ1v) is 17.1. The van der Waals surface area contributed by atoms with Gasteiger partial charge in [-0.2, -0.15) is 0 Å². The fourth-order valence-electron chi connectivity index (χ4n) is 11.1. The summed E-state index contributed by atoms with van der Waals surface area (Å²) in [5.74, 6) is 1.82. The minimum absolute atomic E-state index is 0.194. The molecule has 6 aliphatic carbocycles. The Hall–Kier alpha value is -2.88. The summed E-state index contributed by atoms with van der Waals surface area (Å²) in [7, 11) is 0. The number of hydrogen-bond donors (Lipinski definition) is 0. The number of carbonyl (C=O) groups excluding carboxylic acids is 4. The van der Waals surface area contributed by atoms with Crippen LogP contribution in [0.25, 0.3) is 0 Å². The molecule has 1 spiro atoms. The summed E-state index contributed by atoms with van der Waals surface area (Å²) in [4.78, 5) is 50.4. The van der Waals surface area contributed by atoms with Gasteiger partial charge in [-0.3, -0.25) is 19.2 Å². The van der Waals surface area contributed by atoms with E-state index >= 15 is 0 Å². The second-order valence-electron chi connectivity index (χ2n) is 14.9. The summed E-state index contributed by atoms with van der Waals surface area (Å²) in [6.45, 7) is 4.21. The van der Waals surface area contributed by atoms with Gasteiger partial charge in [0.2, 0.25) is 23.1 Å². The van der Waals surface area contributed by atoms with Crippen LogP contribution in [0.3, 0.4) is 0 Å². The average Bonchev–Trinajstić information content (AvgIpc) is 3.63. The summed E-state index contributed by atoms with van der Waals surface area (Å²) in [5, 5.41) is 0. The van der Waals surface area contributed by atoms with Crippen LogP contribution in [0.5, 0.6) is 0 Å². The second kappa shape index (κ2) is 10.6. The van der Waals surface area contributed by atoms with Crippen LogP contribution in [0.4, 0.5) is 0 Å². The third-order valence-electron chi connectivity index (χ3n) is 12.9. The van der Waals surface area contributed by atoms with Gasteiger partial charge >= 0.3 is 0 Å². The molecule has 0 aliphatic heterocycles. The van der Waals surface area contributed by atoms with E-state index in [1.807, 2.05) is 24.3 Å². The number of ketones is 4. The van der Waals surface area contributed by atoms with Gasteiger partial charge in [-0.15, -0.1) is 0 Å². The Bertz CT molecular complexity index is 1450. The highest BCUT2D eigenvalue weighted by atomic mass is 16.2.